The van der Waals surface area contributed by atoms with Gasteiger partial charge in [-0.25, -0.2) is 0 Å². The van der Waals surface area contributed by atoms with Gasteiger partial charge in [0.1, 0.15) is 5.76 Å². The molecule has 0 aliphatic heterocycles. The molecule has 0 aliphatic carbocycles. The van der Waals surface area contributed by atoms with Gasteiger partial charge in [0.15, 0.2) is 0 Å². The van der Waals surface area contributed by atoms with Crippen molar-refractivity contribution in [1.82, 2.24) is 4.98 Å². The van der Waals surface area contributed by atoms with Crippen molar-refractivity contribution in [2.75, 3.05) is 11.9 Å². The maximum Gasteiger partial charge on any atom is 0.123 e. The topological polar surface area (TPSA) is 55.3 Å². The van der Waals surface area contributed by atoms with Gasteiger partial charge in [-0.05, 0) is 18.2 Å². The molecule has 2 N–H and O–H groups in total. The van der Waals surface area contributed by atoms with Crippen LogP contribution in [0.1, 0.15) is 11.3 Å². The minimum atomic E-state index is 0.468. The first kappa shape index (κ1) is 12.7. The van der Waals surface area contributed by atoms with Crippen LogP contribution in [-0.4, -0.2) is 12.0 Å². The van der Waals surface area contributed by atoms with Crippen molar-refractivity contribution < 1.29 is 4.42 Å². The minimum absolute atomic E-state index is 0.468. The summed E-state index contributed by atoms with van der Waals surface area (Å²) in [6.07, 6.45) is 3.55. The highest BCUT2D eigenvalue weighted by molar-refractivity contribution is 5.93. The lowest BCUT2D eigenvalue weighted by Crippen LogP contribution is -2.19. The Hall–Kier alpha value is -2.33. The van der Waals surface area contributed by atoms with Gasteiger partial charge in [0.2, 0.25) is 0 Å². The monoisotopic (exact) mass is 267 g/mol. The number of aromatic nitrogens is 1. The highest BCUT2D eigenvalue weighted by Gasteiger charge is 2.13. The Labute approximate surface area is 117 Å². The third-order valence-electron chi connectivity index (χ3n) is 3.40. The van der Waals surface area contributed by atoms with Crippen LogP contribution >= 0.6 is 0 Å². The first-order valence-electron chi connectivity index (χ1n) is 6.60. The van der Waals surface area contributed by atoms with E-state index in [-0.39, 0.29) is 0 Å². The number of anilines is 1. The van der Waals surface area contributed by atoms with Gasteiger partial charge in [-0.15, -0.1) is 0 Å². The first-order valence-corrected chi connectivity index (χ1v) is 6.60. The highest BCUT2D eigenvalue weighted by Crippen LogP contribution is 2.29. The highest BCUT2D eigenvalue weighted by atomic mass is 16.3. The van der Waals surface area contributed by atoms with Crippen molar-refractivity contribution in [2.24, 2.45) is 5.73 Å². The molecule has 4 nitrogen and oxygen atoms in total. The number of benzene rings is 1. The van der Waals surface area contributed by atoms with E-state index in [0.717, 1.165) is 27.9 Å². The largest absolute Gasteiger partial charge is 0.467 e. The Bertz CT molecular complexity index is 707. The summed E-state index contributed by atoms with van der Waals surface area (Å²) in [4.78, 5) is 6.62. The van der Waals surface area contributed by atoms with E-state index in [0.29, 0.717) is 13.1 Å². The molecule has 0 amide bonds. The molecular formula is C16H17N3O. The van der Waals surface area contributed by atoms with Crippen LogP contribution in [0.15, 0.2) is 53.3 Å². The van der Waals surface area contributed by atoms with Crippen molar-refractivity contribution >= 4 is 16.6 Å². The molecule has 2 aromatic heterocycles. The second-order valence-corrected chi connectivity index (χ2v) is 4.79. The van der Waals surface area contributed by atoms with E-state index in [2.05, 4.69) is 16.0 Å². The summed E-state index contributed by atoms with van der Waals surface area (Å²) in [6, 6.07) is 12.0. The van der Waals surface area contributed by atoms with Gasteiger partial charge in [0.05, 0.1) is 24.0 Å². The number of nitrogens with zero attached hydrogens (tertiary/aromatic N) is 2. The van der Waals surface area contributed by atoms with Gasteiger partial charge in [-0.2, -0.15) is 0 Å². The van der Waals surface area contributed by atoms with E-state index in [9.17, 15) is 0 Å². The molecule has 20 heavy (non-hydrogen) atoms. The van der Waals surface area contributed by atoms with Crippen molar-refractivity contribution in [3.8, 4) is 0 Å². The molecule has 3 aromatic rings. The fourth-order valence-electron chi connectivity index (χ4n) is 2.48. The smallest absolute Gasteiger partial charge is 0.123 e. The molecule has 1 aromatic carbocycles. The van der Waals surface area contributed by atoms with Gasteiger partial charge >= 0.3 is 0 Å². The van der Waals surface area contributed by atoms with Crippen molar-refractivity contribution in [1.29, 1.82) is 0 Å². The van der Waals surface area contributed by atoms with Gasteiger partial charge < -0.3 is 15.1 Å². The standard InChI is InChI=1S/C16H17N3O/c1-19(11-13-5-4-8-20-13)16-12(9-17)10-18-15-7-3-2-6-14(15)16/h2-8,10H,9,11,17H2,1H3. The molecule has 0 aliphatic rings. The van der Waals surface area contributed by atoms with Crippen molar-refractivity contribution in [3.63, 3.8) is 0 Å². The molecule has 3 rings (SSSR count). The third-order valence-corrected chi connectivity index (χ3v) is 3.40. The average molecular weight is 267 g/mol. The summed E-state index contributed by atoms with van der Waals surface area (Å²) >= 11 is 0. The summed E-state index contributed by atoms with van der Waals surface area (Å²) in [5.74, 6) is 0.927. The van der Waals surface area contributed by atoms with E-state index < -0.39 is 0 Å². The Morgan fingerprint density at radius 2 is 2.05 bits per heavy atom. The Morgan fingerprint density at radius 1 is 1.20 bits per heavy atom. The number of fused-ring (bicyclic) bond motifs is 1. The molecular weight excluding hydrogens is 250 g/mol. The van der Waals surface area contributed by atoms with Crippen LogP contribution < -0.4 is 10.6 Å². The van der Waals surface area contributed by atoms with Crippen LogP contribution in [0.2, 0.25) is 0 Å². The predicted molar refractivity (Wildman–Crippen MR) is 80.4 cm³/mol. The predicted octanol–water partition coefficient (Wildman–Crippen LogP) is 2.92. The molecule has 0 saturated carbocycles. The van der Waals surface area contributed by atoms with Crippen LogP contribution in [0.3, 0.4) is 0 Å². The second kappa shape index (κ2) is 5.35. The number of nitrogens with two attached hydrogens (primary N) is 1. The number of hydrogen-bond acceptors (Lipinski definition) is 4. The Morgan fingerprint density at radius 3 is 2.80 bits per heavy atom. The van der Waals surface area contributed by atoms with Crippen LogP contribution in [0, 0.1) is 0 Å². The fraction of sp³-hybridized carbons (Fsp3) is 0.188. The van der Waals surface area contributed by atoms with E-state index in [1.54, 1.807) is 6.26 Å². The van der Waals surface area contributed by atoms with Gasteiger partial charge in [0.25, 0.3) is 0 Å². The maximum absolute atomic E-state index is 5.86. The molecule has 102 valence electrons. The molecule has 4 heteroatoms. The van der Waals surface area contributed by atoms with Gasteiger partial charge in [0, 0.05) is 30.7 Å². The molecule has 0 unspecified atom stereocenters. The lowest BCUT2D eigenvalue weighted by molar-refractivity contribution is 0.507. The number of rotatable bonds is 4. The Balaban J connectivity index is 2.08. The molecule has 0 radical (unpaired) electrons. The third kappa shape index (κ3) is 2.26. The lowest BCUT2D eigenvalue weighted by atomic mass is 10.1. The SMILES string of the molecule is CN(Cc1ccco1)c1c(CN)cnc2ccccc12. The number of pyridine rings is 1. The number of hydrogen-bond donors (Lipinski definition) is 1. The Kier molecular flexibility index (Phi) is 3.39. The van der Waals surface area contributed by atoms with E-state index in [4.69, 9.17) is 10.2 Å². The summed E-state index contributed by atoms with van der Waals surface area (Å²) < 4.78 is 5.42. The van der Waals surface area contributed by atoms with Crippen molar-refractivity contribution in [2.45, 2.75) is 13.1 Å². The van der Waals surface area contributed by atoms with E-state index >= 15 is 0 Å². The lowest BCUT2D eigenvalue weighted by Gasteiger charge is -2.22. The molecule has 0 bridgehead atoms. The zero-order valence-electron chi connectivity index (χ0n) is 11.4. The first-order chi connectivity index (χ1) is 9.79. The van der Waals surface area contributed by atoms with Crippen LogP contribution in [0.4, 0.5) is 5.69 Å². The zero-order chi connectivity index (χ0) is 13.9. The van der Waals surface area contributed by atoms with Crippen LogP contribution in [-0.2, 0) is 13.1 Å². The normalized spacial score (nSPS) is 10.9. The fourth-order valence-corrected chi connectivity index (χ4v) is 2.48. The van der Waals surface area contributed by atoms with Gasteiger partial charge in [-0.3, -0.25) is 4.98 Å². The summed E-state index contributed by atoms with van der Waals surface area (Å²) in [7, 11) is 2.05. The van der Waals surface area contributed by atoms with Crippen LogP contribution in [0.25, 0.3) is 10.9 Å². The summed E-state index contributed by atoms with van der Waals surface area (Å²) in [6.45, 7) is 1.17. The maximum atomic E-state index is 5.86. The average Bonchev–Trinajstić information content (AvgIpc) is 2.98. The molecule has 0 spiro atoms. The van der Waals surface area contributed by atoms with E-state index in [1.807, 2.05) is 43.6 Å². The quantitative estimate of drug-likeness (QED) is 0.789. The zero-order valence-corrected chi connectivity index (χ0v) is 11.4. The molecule has 0 fully saturated rings. The summed E-state index contributed by atoms with van der Waals surface area (Å²) in [5.41, 5.74) is 9.00. The summed E-state index contributed by atoms with van der Waals surface area (Å²) in [5, 5.41) is 1.12. The van der Waals surface area contributed by atoms with Crippen molar-refractivity contribution in [3.05, 3.63) is 60.2 Å². The van der Waals surface area contributed by atoms with E-state index in [1.165, 1.54) is 0 Å². The molecule has 0 saturated heterocycles. The number of para-hydroxylation sites is 1. The van der Waals surface area contributed by atoms with Crippen LogP contribution in [0.5, 0.6) is 0 Å². The van der Waals surface area contributed by atoms with Gasteiger partial charge in [-0.1, -0.05) is 18.2 Å². The second-order valence-electron chi connectivity index (χ2n) is 4.79. The molecule has 2 heterocycles. The minimum Gasteiger partial charge on any atom is -0.467 e. The molecule has 0 atom stereocenters. The number of furan rings is 1.